The average Bonchev–Trinajstić information content (AvgIpc) is 2.27. The van der Waals surface area contributed by atoms with Gasteiger partial charge in [-0.05, 0) is 37.1 Å². The van der Waals surface area contributed by atoms with Gasteiger partial charge in [0.1, 0.15) is 6.33 Å². The van der Waals surface area contributed by atoms with E-state index in [9.17, 15) is 8.42 Å². The molecule has 0 fully saturated rings. The van der Waals surface area contributed by atoms with Gasteiger partial charge in [-0.1, -0.05) is 0 Å². The van der Waals surface area contributed by atoms with Gasteiger partial charge in [-0.3, -0.25) is 4.72 Å². The van der Waals surface area contributed by atoms with Gasteiger partial charge >= 0.3 is 0 Å². The van der Waals surface area contributed by atoms with Crippen molar-refractivity contribution in [2.24, 2.45) is 0 Å². The van der Waals surface area contributed by atoms with Gasteiger partial charge in [0.15, 0.2) is 0 Å². The Hall–Kier alpha value is -2.15. The maximum atomic E-state index is 12.3. The first-order chi connectivity index (χ1) is 8.90. The molecule has 6 nitrogen and oxygen atoms in total. The number of hydrogen-bond acceptors (Lipinski definition) is 5. The van der Waals surface area contributed by atoms with E-state index in [4.69, 9.17) is 5.73 Å². The summed E-state index contributed by atoms with van der Waals surface area (Å²) in [7, 11) is -3.68. The molecule has 100 valence electrons. The number of aromatic nitrogens is 2. The van der Waals surface area contributed by atoms with Crippen LogP contribution < -0.4 is 10.5 Å². The highest BCUT2D eigenvalue weighted by atomic mass is 32.2. The first-order valence-electron chi connectivity index (χ1n) is 5.55. The second-order valence-electron chi connectivity index (χ2n) is 4.22. The predicted molar refractivity (Wildman–Crippen MR) is 73.2 cm³/mol. The van der Waals surface area contributed by atoms with Crippen LogP contribution in [0.1, 0.15) is 11.1 Å². The number of nitrogens with zero attached hydrogens (tertiary/aromatic N) is 2. The maximum absolute atomic E-state index is 12.3. The van der Waals surface area contributed by atoms with Crippen LogP contribution in [-0.4, -0.2) is 18.4 Å². The highest BCUT2D eigenvalue weighted by molar-refractivity contribution is 7.92. The molecule has 2 rings (SSSR count). The monoisotopic (exact) mass is 278 g/mol. The Kier molecular flexibility index (Phi) is 3.39. The minimum Gasteiger partial charge on any atom is -0.399 e. The van der Waals surface area contributed by atoms with Crippen molar-refractivity contribution in [3.8, 4) is 0 Å². The molecule has 3 N–H and O–H groups in total. The molecule has 0 saturated heterocycles. The van der Waals surface area contributed by atoms with E-state index in [1.54, 1.807) is 26.0 Å². The van der Waals surface area contributed by atoms with Crippen molar-refractivity contribution in [2.45, 2.75) is 18.7 Å². The Morgan fingerprint density at radius 2 is 1.63 bits per heavy atom. The normalized spacial score (nSPS) is 11.3. The Bertz CT molecular complexity index is 676. The highest BCUT2D eigenvalue weighted by Crippen LogP contribution is 2.24. The number of hydrogen-bond donors (Lipinski definition) is 2. The van der Waals surface area contributed by atoms with Crippen LogP contribution in [0.15, 0.2) is 35.7 Å². The topological polar surface area (TPSA) is 98.0 Å². The fraction of sp³-hybridized carbons (Fsp3) is 0.167. The molecule has 0 aliphatic rings. The summed E-state index contributed by atoms with van der Waals surface area (Å²) in [6.07, 6.45) is 4.12. The largest absolute Gasteiger partial charge is 0.399 e. The van der Waals surface area contributed by atoms with Crippen LogP contribution >= 0.6 is 0 Å². The number of nitrogens with two attached hydrogens (primary N) is 1. The zero-order valence-corrected chi connectivity index (χ0v) is 11.4. The predicted octanol–water partition coefficient (Wildman–Crippen LogP) is 1.48. The molecule has 0 saturated carbocycles. The minimum absolute atomic E-state index is 0.227. The summed E-state index contributed by atoms with van der Waals surface area (Å²) in [5.74, 6) is 0. The van der Waals surface area contributed by atoms with E-state index in [2.05, 4.69) is 14.7 Å². The summed E-state index contributed by atoms with van der Waals surface area (Å²) in [6, 6.07) is 3.26. The van der Waals surface area contributed by atoms with E-state index >= 15 is 0 Å². The summed E-state index contributed by atoms with van der Waals surface area (Å²) >= 11 is 0. The van der Waals surface area contributed by atoms with Crippen molar-refractivity contribution in [3.63, 3.8) is 0 Å². The molecule has 0 radical (unpaired) electrons. The summed E-state index contributed by atoms with van der Waals surface area (Å²) in [5, 5.41) is 0. The number of anilines is 2. The van der Waals surface area contributed by atoms with Crippen molar-refractivity contribution in [1.29, 1.82) is 0 Å². The van der Waals surface area contributed by atoms with Gasteiger partial charge in [0.25, 0.3) is 10.0 Å². The summed E-state index contributed by atoms with van der Waals surface area (Å²) < 4.78 is 27.1. The number of nitrogens with one attached hydrogen (secondary N) is 1. The molecule has 1 heterocycles. The van der Waals surface area contributed by atoms with E-state index in [0.717, 1.165) is 0 Å². The zero-order chi connectivity index (χ0) is 14.0. The van der Waals surface area contributed by atoms with Crippen molar-refractivity contribution in [1.82, 2.24) is 9.97 Å². The third-order valence-corrected chi connectivity index (χ3v) is 4.25. The molecular formula is C12H14N4O2S. The number of aryl methyl sites for hydroxylation is 2. The Morgan fingerprint density at radius 3 is 2.16 bits per heavy atom. The standard InChI is InChI=1S/C12H14N4O2S/c1-8-3-10(13)4-9(2)12(8)19(17,18)16-11-5-14-7-15-6-11/h3-7,16H,13H2,1-2H3. The van der Waals surface area contributed by atoms with Crippen LogP contribution in [0.4, 0.5) is 11.4 Å². The van der Waals surface area contributed by atoms with Gasteiger partial charge in [-0.15, -0.1) is 0 Å². The molecule has 2 aromatic rings. The first kappa shape index (κ1) is 13.3. The smallest absolute Gasteiger partial charge is 0.262 e. The molecule has 7 heteroatoms. The fourth-order valence-electron chi connectivity index (χ4n) is 1.97. The van der Waals surface area contributed by atoms with Crippen molar-refractivity contribution < 1.29 is 8.42 Å². The van der Waals surface area contributed by atoms with Gasteiger partial charge in [-0.25, -0.2) is 18.4 Å². The maximum Gasteiger partial charge on any atom is 0.262 e. The van der Waals surface area contributed by atoms with Crippen LogP contribution in [0.5, 0.6) is 0 Å². The van der Waals surface area contributed by atoms with Gasteiger partial charge in [0.05, 0.1) is 23.0 Å². The highest BCUT2D eigenvalue weighted by Gasteiger charge is 2.20. The first-order valence-corrected chi connectivity index (χ1v) is 7.03. The Morgan fingerprint density at radius 1 is 1.11 bits per heavy atom. The van der Waals surface area contributed by atoms with Gasteiger partial charge in [-0.2, -0.15) is 0 Å². The SMILES string of the molecule is Cc1cc(N)cc(C)c1S(=O)(=O)Nc1cncnc1. The lowest BCUT2D eigenvalue weighted by Gasteiger charge is -2.13. The quantitative estimate of drug-likeness (QED) is 0.829. The number of nitrogen functional groups attached to an aromatic ring is 1. The minimum atomic E-state index is -3.68. The second kappa shape index (κ2) is 4.85. The van der Waals surface area contributed by atoms with Gasteiger partial charge < -0.3 is 5.73 Å². The number of sulfonamides is 1. The summed E-state index contributed by atoms with van der Waals surface area (Å²) in [6.45, 7) is 3.42. The lowest BCUT2D eigenvalue weighted by atomic mass is 10.1. The third kappa shape index (κ3) is 2.82. The van der Waals surface area contributed by atoms with E-state index in [0.29, 0.717) is 22.5 Å². The Labute approximate surface area is 111 Å². The molecule has 1 aromatic heterocycles. The zero-order valence-electron chi connectivity index (χ0n) is 10.6. The fourth-order valence-corrected chi connectivity index (χ4v) is 3.45. The lowest BCUT2D eigenvalue weighted by molar-refractivity contribution is 0.600. The molecule has 19 heavy (non-hydrogen) atoms. The second-order valence-corrected chi connectivity index (χ2v) is 5.84. The van der Waals surface area contributed by atoms with Crippen LogP contribution in [-0.2, 0) is 10.0 Å². The van der Waals surface area contributed by atoms with E-state index in [1.165, 1.54) is 18.7 Å². The van der Waals surface area contributed by atoms with Crippen molar-refractivity contribution in [3.05, 3.63) is 42.0 Å². The molecule has 0 aliphatic carbocycles. The van der Waals surface area contributed by atoms with E-state index in [1.807, 2.05) is 0 Å². The van der Waals surface area contributed by atoms with Crippen LogP contribution in [0.3, 0.4) is 0 Å². The van der Waals surface area contributed by atoms with Crippen molar-refractivity contribution in [2.75, 3.05) is 10.5 Å². The molecule has 0 amide bonds. The molecule has 0 spiro atoms. The van der Waals surface area contributed by atoms with Crippen LogP contribution in [0, 0.1) is 13.8 Å². The van der Waals surface area contributed by atoms with Gasteiger partial charge in [0.2, 0.25) is 0 Å². The average molecular weight is 278 g/mol. The van der Waals surface area contributed by atoms with Gasteiger partial charge in [0, 0.05) is 5.69 Å². The van der Waals surface area contributed by atoms with Crippen LogP contribution in [0.2, 0.25) is 0 Å². The summed E-state index contributed by atoms with van der Waals surface area (Å²) in [5.41, 5.74) is 7.74. The number of rotatable bonds is 3. The van der Waals surface area contributed by atoms with Crippen molar-refractivity contribution >= 4 is 21.4 Å². The van der Waals surface area contributed by atoms with Crippen LogP contribution in [0.25, 0.3) is 0 Å². The summed E-state index contributed by atoms with van der Waals surface area (Å²) in [4.78, 5) is 7.75. The van der Waals surface area contributed by atoms with E-state index in [-0.39, 0.29) is 4.90 Å². The lowest BCUT2D eigenvalue weighted by Crippen LogP contribution is -2.16. The molecule has 0 aliphatic heterocycles. The Balaban J connectivity index is 2.46. The molecule has 0 unspecified atom stereocenters. The molecular weight excluding hydrogens is 264 g/mol. The number of benzene rings is 1. The molecule has 1 aromatic carbocycles. The third-order valence-electron chi connectivity index (χ3n) is 2.56. The molecule has 0 bridgehead atoms. The molecule has 0 atom stereocenters. The van der Waals surface area contributed by atoms with E-state index < -0.39 is 10.0 Å².